The van der Waals surface area contributed by atoms with Crippen molar-refractivity contribution in [3.8, 4) is 0 Å². The number of carbonyl (C=O) groups excluding carboxylic acids is 1. The van der Waals surface area contributed by atoms with Gasteiger partial charge in [-0.1, -0.05) is 17.7 Å². The van der Waals surface area contributed by atoms with Crippen LogP contribution in [0.1, 0.15) is 29.6 Å². The number of halogens is 2. The number of hydrogen-bond acceptors (Lipinski definition) is 2. The van der Waals surface area contributed by atoms with Crippen LogP contribution in [-0.4, -0.2) is 22.5 Å². The molecule has 1 aromatic carbocycles. The van der Waals surface area contributed by atoms with E-state index >= 15 is 0 Å². The van der Waals surface area contributed by atoms with Gasteiger partial charge in [0.05, 0.1) is 10.6 Å². The first-order valence-electron chi connectivity index (χ1n) is 5.46. The zero-order chi connectivity index (χ0) is 13.3. The second-order valence-corrected chi connectivity index (χ2v) is 4.70. The van der Waals surface area contributed by atoms with E-state index in [0.29, 0.717) is 12.8 Å². The zero-order valence-corrected chi connectivity index (χ0v) is 10.1. The van der Waals surface area contributed by atoms with Crippen LogP contribution in [0.3, 0.4) is 0 Å². The lowest BCUT2D eigenvalue weighted by Gasteiger charge is -2.38. The Bertz CT molecular complexity index is 514. The van der Waals surface area contributed by atoms with Crippen LogP contribution in [0.25, 0.3) is 0 Å². The molecule has 1 fully saturated rings. The Morgan fingerprint density at radius 1 is 1.39 bits per heavy atom. The minimum absolute atomic E-state index is 0.166. The van der Waals surface area contributed by atoms with Crippen molar-refractivity contribution in [1.29, 1.82) is 0 Å². The summed E-state index contributed by atoms with van der Waals surface area (Å²) in [4.78, 5) is 22.9. The van der Waals surface area contributed by atoms with Crippen molar-refractivity contribution in [3.05, 3.63) is 34.6 Å². The maximum Gasteiger partial charge on any atom is 0.329 e. The Morgan fingerprint density at radius 3 is 2.56 bits per heavy atom. The van der Waals surface area contributed by atoms with Crippen LogP contribution < -0.4 is 5.32 Å². The molecule has 1 aliphatic carbocycles. The van der Waals surface area contributed by atoms with Gasteiger partial charge in [0.2, 0.25) is 0 Å². The third-order valence-corrected chi connectivity index (χ3v) is 3.46. The van der Waals surface area contributed by atoms with Crippen molar-refractivity contribution in [1.82, 2.24) is 5.32 Å². The third-order valence-electron chi connectivity index (χ3n) is 3.17. The molecule has 6 heteroatoms. The topological polar surface area (TPSA) is 66.4 Å². The summed E-state index contributed by atoms with van der Waals surface area (Å²) < 4.78 is 13.6. The minimum atomic E-state index is -1.26. The van der Waals surface area contributed by atoms with Crippen molar-refractivity contribution in [3.63, 3.8) is 0 Å². The quantitative estimate of drug-likeness (QED) is 0.886. The molecule has 4 nitrogen and oxygen atoms in total. The summed E-state index contributed by atoms with van der Waals surface area (Å²) in [5.74, 6) is -2.68. The molecule has 0 radical (unpaired) electrons. The fourth-order valence-electron chi connectivity index (χ4n) is 1.89. The lowest BCUT2D eigenvalue weighted by atomic mass is 9.76. The second kappa shape index (κ2) is 4.57. The van der Waals surface area contributed by atoms with Gasteiger partial charge in [0.15, 0.2) is 5.82 Å². The van der Waals surface area contributed by atoms with E-state index in [-0.39, 0.29) is 10.6 Å². The Morgan fingerprint density at radius 2 is 2.06 bits per heavy atom. The molecule has 0 bridgehead atoms. The Hall–Kier alpha value is -1.62. The molecule has 1 amide bonds. The molecule has 96 valence electrons. The molecule has 2 rings (SSSR count). The van der Waals surface area contributed by atoms with Gasteiger partial charge in [-0.2, -0.15) is 0 Å². The number of carbonyl (C=O) groups is 2. The standard InChI is InChI=1S/C12H11ClFNO3/c13-8-4-1-3-7(9(8)14)10(16)15-12(11(17)18)5-2-6-12/h1,3-4H,2,5-6H2,(H,15,16)(H,17,18). The first kappa shape index (κ1) is 12.8. The van der Waals surface area contributed by atoms with E-state index in [1.54, 1.807) is 0 Å². The summed E-state index contributed by atoms with van der Waals surface area (Å²) >= 11 is 5.57. The van der Waals surface area contributed by atoms with Crippen molar-refractivity contribution in [2.24, 2.45) is 0 Å². The first-order chi connectivity index (χ1) is 8.46. The molecule has 0 aromatic heterocycles. The minimum Gasteiger partial charge on any atom is -0.480 e. The van der Waals surface area contributed by atoms with E-state index in [2.05, 4.69) is 5.32 Å². The number of nitrogens with one attached hydrogen (secondary N) is 1. The van der Waals surface area contributed by atoms with Crippen LogP contribution in [-0.2, 0) is 4.79 Å². The van der Waals surface area contributed by atoms with Gasteiger partial charge in [-0.25, -0.2) is 9.18 Å². The van der Waals surface area contributed by atoms with Crippen LogP contribution in [0.4, 0.5) is 4.39 Å². The van der Waals surface area contributed by atoms with Crippen LogP contribution in [0.2, 0.25) is 5.02 Å². The van der Waals surface area contributed by atoms with Crippen LogP contribution >= 0.6 is 11.6 Å². The first-order valence-corrected chi connectivity index (χ1v) is 5.84. The van der Waals surface area contributed by atoms with Gasteiger partial charge in [-0.3, -0.25) is 4.79 Å². The van der Waals surface area contributed by atoms with Gasteiger partial charge >= 0.3 is 5.97 Å². The number of benzene rings is 1. The summed E-state index contributed by atoms with van der Waals surface area (Å²) in [5, 5.41) is 11.3. The molecule has 0 atom stereocenters. The monoisotopic (exact) mass is 271 g/mol. The summed E-state index contributed by atoms with van der Waals surface area (Å²) in [6.07, 6.45) is 1.44. The van der Waals surface area contributed by atoms with Crippen molar-refractivity contribution < 1.29 is 19.1 Å². The smallest absolute Gasteiger partial charge is 0.329 e. The number of hydrogen-bond donors (Lipinski definition) is 2. The summed E-state index contributed by atoms with van der Waals surface area (Å²) in [6, 6.07) is 4.03. The van der Waals surface area contributed by atoms with Crippen LogP contribution in [0.5, 0.6) is 0 Å². The van der Waals surface area contributed by atoms with E-state index in [1.165, 1.54) is 18.2 Å². The van der Waals surface area contributed by atoms with Gasteiger partial charge in [-0.15, -0.1) is 0 Å². The maximum absolute atomic E-state index is 13.6. The highest BCUT2D eigenvalue weighted by molar-refractivity contribution is 6.31. The molecular weight excluding hydrogens is 261 g/mol. The molecule has 1 aliphatic rings. The number of carboxylic acids is 1. The van der Waals surface area contributed by atoms with Gasteiger partial charge < -0.3 is 10.4 Å². The molecule has 0 aliphatic heterocycles. The summed E-state index contributed by atoms with van der Waals surface area (Å²) in [5.41, 5.74) is -1.50. The van der Waals surface area contributed by atoms with Crippen molar-refractivity contribution >= 4 is 23.5 Å². The molecule has 0 spiro atoms. The Labute approximate surface area is 108 Å². The average molecular weight is 272 g/mol. The number of aliphatic carboxylic acids is 1. The van der Waals surface area contributed by atoms with Crippen molar-refractivity contribution in [2.75, 3.05) is 0 Å². The normalized spacial score (nSPS) is 16.8. The van der Waals surface area contributed by atoms with E-state index < -0.39 is 23.2 Å². The van der Waals surface area contributed by atoms with Gasteiger partial charge in [0.1, 0.15) is 5.54 Å². The molecule has 0 unspecified atom stereocenters. The van der Waals surface area contributed by atoms with Crippen LogP contribution in [0, 0.1) is 5.82 Å². The van der Waals surface area contributed by atoms with Crippen LogP contribution in [0.15, 0.2) is 18.2 Å². The third kappa shape index (κ3) is 2.06. The predicted molar refractivity (Wildman–Crippen MR) is 63.1 cm³/mol. The second-order valence-electron chi connectivity index (χ2n) is 4.30. The SMILES string of the molecule is O=C(NC1(C(=O)O)CCC1)c1cccc(Cl)c1F. The lowest BCUT2D eigenvalue weighted by molar-refractivity contribution is -0.148. The lowest BCUT2D eigenvalue weighted by Crippen LogP contribution is -2.59. The molecule has 1 saturated carbocycles. The molecule has 1 aromatic rings. The van der Waals surface area contributed by atoms with Gasteiger partial charge in [-0.05, 0) is 31.4 Å². The molecule has 2 N–H and O–H groups in total. The highest BCUT2D eigenvalue weighted by Crippen LogP contribution is 2.32. The highest BCUT2D eigenvalue weighted by Gasteiger charge is 2.46. The molecule has 18 heavy (non-hydrogen) atoms. The fraction of sp³-hybridized carbons (Fsp3) is 0.333. The maximum atomic E-state index is 13.6. The average Bonchev–Trinajstić information content (AvgIpc) is 2.26. The molecular formula is C12H11ClFNO3. The highest BCUT2D eigenvalue weighted by atomic mass is 35.5. The van der Waals surface area contributed by atoms with Crippen molar-refractivity contribution in [2.45, 2.75) is 24.8 Å². The number of amides is 1. The van der Waals surface area contributed by atoms with E-state index in [0.717, 1.165) is 6.42 Å². The van der Waals surface area contributed by atoms with Gasteiger partial charge in [0, 0.05) is 0 Å². The number of carboxylic acid groups (broad SMARTS) is 1. The Balaban J connectivity index is 2.22. The van der Waals surface area contributed by atoms with E-state index in [4.69, 9.17) is 16.7 Å². The molecule has 0 saturated heterocycles. The summed E-state index contributed by atoms with van der Waals surface area (Å²) in [7, 11) is 0. The fourth-order valence-corrected chi connectivity index (χ4v) is 2.06. The zero-order valence-electron chi connectivity index (χ0n) is 9.37. The van der Waals surface area contributed by atoms with Gasteiger partial charge in [0.25, 0.3) is 5.91 Å². The van der Waals surface area contributed by atoms with E-state index in [9.17, 15) is 14.0 Å². The Kier molecular flexibility index (Phi) is 3.26. The van der Waals surface area contributed by atoms with E-state index in [1.807, 2.05) is 0 Å². The largest absolute Gasteiger partial charge is 0.480 e. The predicted octanol–water partition coefficient (Wildman–Crippen LogP) is 2.22. The summed E-state index contributed by atoms with van der Waals surface area (Å²) in [6.45, 7) is 0. The molecule has 0 heterocycles. The number of rotatable bonds is 3.